The predicted molar refractivity (Wildman–Crippen MR) is 64.9 cm³/mol. The fraction of sp³-hybridized carbons (Fsp3) is 0.900. The molecule has 2 N–H and O–H groups in total. The molecule has 0 aromatic carbocycles. The minimum atomic E-state index is 0.521. The van der Waals surface area contributed by atoms with Gasteiger partial charge in [-0.05, 0) is 31.8 Å². The van der Waals surface area contributed by atoms with Crippen LogP contribution in [-0.2, 0) is 0 Å². The summed E-state index contributed by atoms with van der Waals surface area (Å²) in [7, 11) is 0. The number of nitrogens with two attached hydrogens (primary N) is 1. The van der Waals surface area contributed by atoms with Crippen LogP contribution in [0.25, 0.3) is 0 Å². The maximum atomic E-state index is 5.89. The summed E-state index contributed by atoms with van der Waals surface area (Å²) in [4.78, 5) is 6.62. The predicted octanol–water partition coefficient (Wildman–Crippen LogP) is 1.54. The summed E-state index contributed by atoms with van der Waals surface area (Å²) in [6.07, 6.45) is 4.47. The standard InChI is InChI=1S/C10H21N3S/c1-4-8(2)13-9(5-6-14-3)7-12-10(13)11/h8-9H,4-7H2,1-3H3,(H2,11,12). The first-order valence-corrected chi connectivity index (χ1v) is 6.67. The molecular formula is C10H21N3S. The van der Waals surface area contributed by atoms with Crippen LogP contribution >= 0.6 is 11.8 Å². The summed E-state index contributed by atoms with van der Waals surface area (Å²) >= 11 is 1.89. The molecule has 1 aliphatic rings. The van der Waals surface area contributed by atoms with Crippen molar-refractivity contribution in [3.63, 3.8) is 0 Å². The van der Waals surface area contributed by atoms with Crippen LogP contribution in [0, 0.1) is 0 Å². The highest BCUT2D eigenvalue weighted by molar-refractivity contribution is 7.98. The van der Waals surface area contributed by atoms with E-state index in [0.717, 1.165) is 18.9 Å². The third kappa shape index (κ3) is 2.56. The zero-order valence-electron chi connectivity index (χ0n) is 9.36. The lowest BCUT2D eigenvalue weighted by molar-refractivity contribution is 0.261. The zero-order chi connectivity index (χ0) is 10.6. The highest BCUT2D eigenvalue weighted by atomic mass is 32.2. The second-order valence-electron chi connectivity index (χ2n) is 3.80. The Labute approximate surface area is 91.1 Å². The quantitative estimate of drug-likeness (QED) is 0.756. The number of rotatable bonds is 5. The van der Waals surface area contributed by atoms with E-state index in [4.69, 9.17) is 5.73 Å². The van der Waals surface area contributed by atoms with Crippen molar-refractivity contribution in [2.24, 2.45) is 10.7 Å². The first kappa shape index (κ1) is 11.7. The monoisotopic (exact) mass is 215 g/mol. The van der Waals surface area contributed by atoms with Crippen molar-refractivity contribution in [1.82, 2.24) is 4.90 Å². The van der Waals surface area contributed by atoms with Crippen LogP contribution in [0.2, 0.25) is 0 Å². The van der Waals surface area contributed by atoms with Crippen molar-refractivity contribution in [2.75, 3.05) is 18.6 Å². The Bertz CT molecular complexity index is 206. The van der Waals surface area contributed by atoms with Gasteiger partial charge in [-0.1, -0.05) is 6.92 Å². The second kappa shape index (κ2) is 5.49. The molecule has 0 radical (unpaired) electrons. The Morgan fingerprint density at radius 3 is 3.00 bits per heavy atom. The van der Waals surface area contributed by atoms with E-state index in [0.29, 0.717) is 12.1 Å². The van der Waals surface area contributed by atoms with Crippen LogP contribution < -0.4 is 5.73 Å². The minimum absolute atomic E-state index is 0.521. The van der Waals surface area contributed by atoms with E-state index in [1.807, 2.05) is 11.8 Å². The molecule has 0 bridgehead atoms. The molecule has 0 aliphatic carbocycles. The van der Waals surface area contributed by atoms with Gasteiger partial charge in [-0.15, -0.1) is 0 Å². The summed E-state index contributed by atoms with van der Waals surface area (Å²) in [5.41, 5.74) is 5.89. The molecule has 0 spiro atoms. The topological polar surface area (TPSA) is 41.6 Å². The second-order valence-corrected chi connectivity index (χ2v) is 4.78. The van der Waals surface area contributed by atoms with E-state index in [-0.39, 0.29) is 0 Å². The molecule has 0 aromatic rings. The molecule has 0 amide bonds. The van der Waals surface area contributed by atoms with Gasteiger partial charge in [-0.3, -0.25) is 4.99 Å². The molecule has 1 aliphatic heterocycles. The highest BCUT2D eigenvalue weighted by Gasteiger charge is 2.28. The Kier molecular flexibility index (Phi) is 4.58. The van der Waals surface area contributed by atoms with Crippen LogP contribution in [0.4, 0.5) is 0 Å². The largest absolute Gasteiger partial charge is 0.370 e. The van der Waals surface area contributed by atoms with Gasteiger partial charge in [0.2, 0.25) is 0 Å². The maximum absolute atomic E-state index is 5.89. The number of guanidine groups is 1. The van der Waals surface area contributed by atoms with Gasteiger partial charge < -0.3 is 10.6 Å². The molecule has 14 heavy (non-hydrogen) atoms. The molecule has 0 saturated heterocycles. The summed E-state index contributed by atoms with van der Waals surface area (Å²) in [6.45, 7) is 5.30. The third-order valence-corrected chi connectivity index (χ3v) is 3.49. The van der Waals surface area contributed by atoms with Crippen molar-refractivity contribution >= 4 is 17.7 Å². The minimum Gasteiger partial charge on any atom is -0.370 e. The Hall–Kier alpha value is -0.380. The molecule has 1 rings (SSSR count). The van der Waals surface area contributed by atoms with E-state index in [2.05, 4.69) is 30.0 Å². The molecular weight excluding hydrogens is 194 g/mol. The fourth-order valence-electron chi connectivity index (χ4n) is 1.82. The number of aliphatic imine (C=N–C) groups is 1. The van der Waals surface area contributed by atoms with Gasteiger partial charge in [0.1, 0.15) is 0 Å². The molecule has 82 valence electrons. The van der Waals surface area contributed by atoms with Gasteiger partial charge in [0.05, 0.1) is 12.6 Å². The van der Waals surface area contributed by atoms with Crippen LogP contribution in [0.1, 0.15) is 26.7 Å². The van der Waals surface area contributed by atoms with Crippen LogP contribution in [0.5, 0.6) is 0 Å². The normalized spacial score (nSPS) is 23.8. The number of hydrogen-bond acceptors (Lipinski definition) is 4. The average Bonchev–Trinajstić information content (AvgIpc) is 2.55. The zero-order valence-corrected chi connectivity index (χ0v) is 10.2. The first-order chi connectivity index (χ1) is 6.70. The maximum Gasteiger partial charge on any atom is 0.191 e. The van der Waals surface area contributed by atoms with Crippen LogP contribution in [0.15, 0.2) is 4.99 Å². The lowest BCUT2D eigenvalue weighted by Crippen LogP contribution is -2.46. The van der Waals surface area contributed by atoms with E-state index < -0.39 is 0 Å². The van der Waals surface area contributed by atoms with E-state index in [1.165, 1.54) is 12.2 Å². The Balaban J connectivity index is 2.52. The van der Waals surface area contributed by atoms with Gasteiger partial charge in [0, 0.05) is 6.04 Å². The number of thioether (sulfide) groups is 1. The van der Waals surface area contributed by atoms with Crippen molar-refractivity contribution in [3.05, 3.63) is 0 Å². The van der Waals surface area contributed by atoms with Gasteiger partial charge in [-0.2, -0.15) is 11.8 Å². The summed E-state index contributed by atoms with van der Waals surface area (Å²) < 4.78 is 0. The molecule has 0 aromatic heterocycles. The van der Waals surface area contributed by atoms with Crippen molar-refractivity contribution in [2.45, 2.75) is 38.8 Å². The van der Waals surface area contributed by atoms with Crippen molar-refractivity contribution in [3.8, 4) is 0 Å². The summed E-state index contributed by atoms with van der Waals surface area (Å²) in [6, 6.07) is 1.06. The molecule has 0 fully saturated rings. The van der Waals surface area contributed by atoms with Gasteiger partial charge in [0.15, 0.2) is 5.96 Å². The lowest BCUT2D eigenvalue weighted by Gasteiger charge is -2.31. The summed E-state index contributed by atoms with van der Waals surface area (Å²) in [5, 5.41) is 0. The Morgan fingerprint density at radius 2 is 2.43 bits per heavy atom. The summed E-state index contributed by atoms with van der Waals surface area (Å²) in [5.74, 6) is 1.94. The van der Waals surface area contributed by atoms with Crippen LogP contribution in [-0.4, -0.2) is 41.5 Å². The molecule has 3 nitrogen and oxygen atoms in total. The number of nitrogens with zero attached hydrogens (tertiary/aromatic N) is 2. The highest BCUT2D eigenvalue weighted by Crippen LogP contribution is 2.18. The average molecular weight is 215 g/mol. The first-order valence-electron chi connectivity index (χ1n) is 5.27. The van der Waals surface area contributed by atoms with E-state index in [1.54, 1.807) is 0 Å². The van der Waals surface area contributed by atoms with E-state index >= 15 is 0 Å². The van der Waals surface area contributed by atoms with Gasteiger partial charge >= 0.3 is 0 Å². The smallest absolute Gasteiger partial charge is 0.191 e. The molecule has 4 heteroatoms. The van der Waals surface area contributed by atoms with Crippen molar-refractivity contribution < 1.29 is 0 Å². The third-order valence-electron chi connectivity index (χ3n) is 2.84. The van der Waals surface area contributed by atoms with Crippen LogP contribution in [0.3, 0.4) is 0 Å². The fourth-order valence-corrected chi connectivity index (χ4v) is 2.33. The number of hydrogen-bond donors (Lipinski definition) is 1. The lowest BCUT2D eigenvalue weighted by atomic mass is 10.1. The SMILES string of the molecule is CCC(C)N1C(N)=NCC1CCSC. The molecule has 2 atom stereocenters. The van der Waals surface area contributed by atoms with Gasteiger partial charge in [0.25, 0.3) is 0 Å². The molecule has 0 saturated carbocycles. The van der Waals surface area contributed by atoms with Gasteiger partial charge in [-0.25, -0.2) is 0 Å². The van der Waals surface area contributed by atoms with Crippen molar-refractivity contribution in [1.29, 1.82) is 0 Å². The Morgan fingerprint density at radius 1 is 1.71 bits per heavy atom. The molecule has 1 heterocycles. The molecule has 2 unspecified atom stereocenters. The van der Waals surface area contributed by atoms with E-state index in [9.17, 15) is 0 Å².